The molecule has 1 aliphatic heterocycles. The van der Waals surface area contributed by atoms with Gasteiger partial charge in [-0.05, 0) is 57.7 Å². The molecule has 0 aromatic rings. The van der Waals surface area contributed by atoms with Gasteiger partial charge >= 0.3 is 0 Å². The Bertz CT molecular complexity index is 148. The van der Waals surface area contributed by atoms with Crippen molar-refractivity contribution >= 4 is 0 Å². The molecule has 0 aromatic carbocycles. The molecule has 0 atom stereocenters. The lowest BCUT2D eigenvalue weighted by atomic mass is 9.98. The van der Waals surface area contributed by atoms with Crippen LogP contribution in [0.4, 0.5) is 0 Å². The van der Waals surface area contributed by atoms with Gasteiger partial charge in [0.05, 0.1) is 0 Å². The topological polar surface area (TPSA) is 12.5 Å². The number of rotatable bonds is 4. The third-order valence-electron chi connectivity index (χ3n) is 3.24. The standard InChI is InChI=1S/C11H21NO/c1-12-6-4-11(5-7-12)9-13-8-10-2-3-10/h10-11H,2-9H2,1H3. The van der Waals surface area contributed by atoms with Crippen molar-refractivity contribution in [3.8, 4) is 0 Å². The maximum absolute atomic E-state index is 5.71. The first-order chi connectivity index (χ1) is 6.34. The first-order valence-corrected chi connectivity index (χ1v) is 5.61. The van der Waals surface area contributed by atoms with Gasteiger partial charge in [-0.1, -0.05) is 0 Å². The monoisotopic (exact) mass is 183 g/mol. The highest BCUT2D eigenvalue weighted by Gasteiger charge is 2.22. The second-order valence-electron chi connectivity index (χ2n) is 4.73. The van der Waals surface area contributed by atoms with Crippen LogP contribution in [-0.2, 0) is 4.74 Å². The lowest BCUT2D eigenvalue weighted by molar-refractivity contribution is 0.0662. The Morgan fingerprint density at radius 2 is 1.54 bits per heavy atom. The molecule has 1 saturated carbocycles. The molecule has 0 radical (unpaired) electrons. The predicted molar refractivity (Wildman–Crippen MR) is 53.8 cm³/mol. The summed E-state index contributed by atoms with van der Waals surface area (Å²) in [5.74, 6) is 1.77. The van der Waals surface area contributed by atoms with Crippen LogP contribution < -0.4 is 0 Å². The van der Waals surface area contributed by atoms with Gasteiger partial charge in [-0.15, -0.1) is 0 Å². The fourth-order valence-electron chi connectivity index (χ4n) is 1.91. The second kappa shape index (κ2) is 4.43. The average molecular weight is 183 g/mol. The molecule has 76 valence electrons. The molecule has 0 bridgehead atoms. The Hall–Kier alpha value is -0.0800. The highest BCUT2D eigenvalue weighted by atomic mass is 16.5. The van der Waals surface area contributed by atoms with E-state index in [1.165, 1.54) is 38.8 Å². The van der Waals surface area contributed by atoms with E-state index >= 15 is 0 Å². The molecule has 0 N–H and O–H groups in total. The highest BCUT2D eigenvalue weighted by Crippen LogP contribution is 2.29. The molecule has 1 saturated heterocycles. The molecule has 1 heterocycles. The van der Waals surface area contributed by atoms with Gasteiger partial charge in [-0.2, -0.15) is 0 Å². The molecule has 1 aliphatic carbocycles. The van der Waals surface area contributed by atoms with Crippen LogP contribution in [0.2, 0.25) is 0 Å². The molecule has 0 unspecified atom stereocenters. The van der Waals surface area contributed by atoms with Crippen LogP contribution in [-0.4, -0.2) is 38.3 Å². The normalized spacial score (nSPS) is 26.5. The fraction of sp³-hybridized carbons (Fsp3) is 1.00. The molecular weight excluding hydrogens is 162 g/mol. The summed E-state index contributed by atoms with van der Waals surface area (Å²) in [6, 6.07) is 0. The highest BCUT2D eigenvalue weighted by molar-refractivity contribution is 4.73. The van der Waals surface area contributed by atoms with Crippen LogP contribution in [0.5, 0.6) is 0 Å². The number of piperidine rings is 1. The van der Waals surface area contributed by atoms with Crippen LogP contribution in [0.25, 0.3) is 0 Å². The van der Waals surface area contributed by atoms with E-state index in [9.17, 15) is 0 Å². The van der Waals surface area contributed by atoms with Crippen molar-refractivity contribution in [3.63, 3.8) is 0 Å². The van der Waals surface area contributed by atoms with E-state index < -0.39 is 0 Å². The van der Waals surface area contributed by atoms with Gasteiger partial charge in [0, 0.05) is 13.2 Å². The fourth-order valence-corrected chi connectivity index (χ4v) is 1.91. The summed E-state index contributed by atoms with van der Waals surface area (Å²) in [5.41, 5.74) is 0. The quantitative estimate of drug-likeness (QED) is 0.658. The SMILES string of the molecule is CN1CCC(COCC2CC2)CC1. The minimum absolute atomic E-state index is 0.843. The maximum Gasteiger partial charge on any atom is 0.0495 e. The molecule has 0 amide bonds. The van der Waals surface area contributed by atoms with Crippen LogP contribution in [0.3, 0.4) is 0 Å². The summed E-state index contributed by atoms with van der Waals surface area (Å²) in [6.07, 6.45) is 5.49. The Morgan fingerprint density at radius 1 is 1.00 bits per heavy atom. The maximum atomic E-state index is 5.71. The Kier molecular flexibility index (Phi) is 3.23. The van der Waals surface area contributed by atoms with Gasteiger partial charge in [0.2, 0.25) is 0 Å². The van der Waals surface area contributed by atoms with Crippen molar-refractivity contribution in [2.24, 2.45) is 11.8 Å². The summed E-state index contributed by atoms with van der Waals surface area (Å²) < 4.78 is 5.71. The molecule has 2 rings (SSSR count). The molecular formula is C11H21NO. The molecule has 2 heteroatoms. The number of ether oxygens (including phenoxy) is 1. The van der Waals surface area contributed by atoms with Gasteiger partial charge in [0.25, 0.3) is 0 Å². The summed E-state index contributed by atoms with van der Waals surface area (Å²) >= 11 is 0. The number of nitrogens with zero attached hydrogens (tertiary/aromatic N) is 1. The summed E-state index contributed by atoms with van der Waals surface area (Å²) in [6.45, 7) is 4.57. The first kappa shape index (κ1) is 9.47. The largest absolute Gasteiger partial charge is 0.381 e. The van der Waals surface area contributed by atoms with Gasteiger partial charge in [0.15, 0.2) is 0 Å². The molecule has 0 aromatic heterocycles. The summed E-state index contributed by atoms with van der Waals surface area (Å²) in [5, 5.41) is 0. The van der Waals surface area contributed by atoms with Crippen molar-refractivity contribution in [1.82, 2.24) is 4.90 Å². The van der Waals surface area contributed by atoms with E-state index in [0.29, 0.717) is 0 Å². The predicted octanol–water partition coefficient (Wildman–Crippen LogP) is 1.75. The molecule has 2 fully saturated rings. The zero-order valence-electron chi connectivity index (χ0n) is 8.67. The number of hydrogen-bond acceptors (Lipinski definition) is 2. The van der Waals surface area contributed by atoms with E-state index in [1.807, 2.05) is 0 Å². The lowest BCUT2D eigenvalue weighted by Gasteiger charge is -2.28. The lowest BCUT2D eigenvalue weighted by Crippen LogP contribution is -2.32. The van der Waals surface area contributed by atoms with E-state index in [4.69, 9.17) is 4.74 Å². The molecule has 13 heavy (non-hydrogen) atoms. The van der Waals surface area contributed by atoms with Crippen molar-refractivity contribution in [3.05, 3.63) is 0 Å². The summed E-state index contributed by atoms with van der Waals surface area (Å²) in [4.78, 5) is 2.41. The van der Waals surface area contributed by atoms with Crippen LogP contribution >= 0.6 is 0 Å². The Balaban J connectivity index is 1.53. The van der Waals surface area contributed by atoms with E-state index in [0.717, 1.165) is 25.0 Å². The molecule has 0 spiro atoms. The average Bonchev–Trinajstić information content (AvgIpc) is 2.92. The van der Waals surface area contributed by atoms with Gasteiger partial charge < -0.3 is 9.64 Å². The zero-order chi connectivity index (χ0) is 9.10. The number of hydrogen-bond donors (Lipinski definition) is 0. The van der Waals surface area contributed by atoms with Crippen LogP contribution in [0.15, 0.2) is 0 Å². The zero-order valence-corrected chi connectivity index (χ0v) is 8.67. The number of likely N-dealkylation sites (tertiary alicyclic amines) is 1. The van der Waals surface area contributed by atoms with E-state index in [1.54, 1.807) is 0 Å². The van der Waals surface area contributed by atoms with Crippen LogP contribution in [0.1, 0.15) is 25.7 Å². The van der Waals surface area contributed by atoms with E-state index in [2.05, 4.69) is 11.9 Å². The Labute approximate surface area is 81.3 Å². The molecule has 2 nitrogen and oxygen atoms in total. The van der Waals surface area contributed by atoms with E-state index in [-0.39, 0.29) is 0 Å². The van der Waals surface area contributed by atoms with Gasteiger partial charge in [0.1, 0.15) is 0 Å². The van der Waals surface area contributed by atoms with Crippen molar-refractivity contribution < 1.29 is 4.74 Å². The third kappa shape index (κ3) is 3.28. The van der Waals surface area contributed by atoms with Crippen molar-refractivity contribution in [2.45, 2.75) is 25.7 Å². The summed E-state index contributed by atoms with van der Waals surface area (Å²) in [7, 11) is 2.21. The van der Waals surface area contributed by atoms with Gasteiger partial charge in [-0.25, -0.2) is 0 Å². The third-order valence-corrected chi connectivity index (χ3v) is 3.24. The van der Waals surface area contributed by atoms with Crippen molar-refractivity contribution in [1.29, 1.82) is 0 Å². The first-order valence-electron chi connectivity index (χ1n) is 5.61. The Morgan fingerprint density at radius 3 is 2.08 bits per heavy atom. The minimum Gasteiger partial charge on any atom is -0.381 e. The van der Waals surface area contributed by atoms with Crippen LogP contribution in [0, 0.1) is 11.8 Å². The molecule has 2 aliphatic rings. The smallest absolute Gasteiger partial charge is 0.0495 e. The second-order valence-corrected chi connectivity index (χ2v) is 4.73. The van der Waals surface area contributed by atoms with Gasteiger partial charge in [-0.3, -0.25) is 0 Å². The van der Waals surface area contributed by atoms with Crippen molar-refractivity contribution in [2.75, 3.05) is 33.4 Å². The minimum atomic E-state index is 0.843.